The first-order valence-corrected chi connectivity index (χ1v) is 6.58. The Labute approximate surface area is 112 Å². The summed E-state index contributed by atoms with van der Waals surface area (Å²) in [7, 11) is 0. The van der Waals surface area contributed by atoms with Crippen LogP contribution in [0.5, 0.6) is 11.7 Å². The maximum atomic E-state index is 11.7. The molecule has 0 fully saturated rings. The molecule has 0 aliphatic carbocycles. The van der Waals surface area contributed by atoms with Crippen molar-refractivity contribution in [2.45, 2.75) is 46.0 Å². The van der Waals surface area contributed by atoms with Crippen molar-refractivity contribution in [2.24, 2.45) is 5.92 Å². The number of unbranched alkanes of at least 4 members (excludes halogenated alkanes) is 3. The van der Waals surface area contributed by atoms with E-state index < -0.39 is 17.1 Å². The lowest BCUT2D eigenvalue weighted by Gasteiger charge is -2.09. The second kappa shape index (κ2) is 7.61. The number of esters is 1. The van der Waals surface area contributed by atoms with Crippen LogP contribution in [0, 0.1) is 5.92 Å². The summed E-state index contributed by atoms with van der Waals surface area (Å²) < 4.78 is 9.76. The van der Waals surface area contributed by atoms with Crippen molar-refractivity contribution in [1.29, 1.82) is 0 Å². The Balaban J connectivity index is 2.45. The number of hydrogen-bond donors (Lipinski definition) is 1. The van der Waals surface area contributed by atoms with Gasteiger partial charge >= 0.3 is 5.97 Å². The molecule has 0 aliphatic rings. The molecular formula is C14H20O5. The van der Waals surface area contributed by atoms with Gasteiger partial charge in [0, 0.05) is 0 Å². The first-order valence-electron chi connectivity index (χ1n) is 6.58. The molecule has 0 amide bonds. The molecule has 0 saturated carbocycles. The summed E-state index contributed by atoms with van der Waals surface area (Å²) in [6.45, 7) is 3.91. The summed E-state index contributed by atoms with van der Waals surface area (Å²) in [6.07, 6.45) is 6.00. The van der Waals surface area contributed by atoms with Crippen molar-refractivity contribution in [3.05, 3.63) is 22.6 Å². The van der Waals surface area contributed by atoms with Crippen molar-refractivity contribution < 1.29 is 19.1 Å². The first-order chi connectivity index (χ1) is 9.04. The quantitative estimate of drug-likeness (QED) is 0.607. The molecule has 0 saturated heterocycles. The SMILES string of the molecule is CCCCCCC(C)C(=O)Oc1cc(=O)c(O)co1. The minimum absolute atomic E-state index is 0.187. The molecule has 0 radical (unpaired) electrons. The van der Waals surface area contributed by atoms with Crippen LogP contribution in [0.1, 0.15) is 46.0 Å². The van der Waals surface area contributed by atoms with Gasteiger partial charge in [0.1, 0.15) is 6.26 Å². The molecule has 1 atom stereocenters. The van der Waals surface area contributed by atoms with Crippen molar-refractivity contribution in [3.63, 3.8) is 0 Å². The van der Waals surface area contributed by atoms with E-state index in [1.807, 2.05) is 0 Å². The van der Waals surface area contributed by atoms with Crippen LogP contribution in [-0.2, 0) is 4.79 Å². The van der Waals surface area contributed by atoms with E-state index in [0.29, 0.717) is 0 Å². The minimum atomic E-state index is -0.635. The van der Waals surface area contributed by atoms with Gasteiger partial charge in [-0.2, -0.15) is 0 Å². The van der Waals surface area contributed by atoms with E-state index in [4.69, 9.17) is 14.3 Å². The molecule has 0 spiro atoms. The topological polar surface area (TPSA) is 76.7 Å². The molecule has 5 heteroatoms. The highest BCUT2D eigenvalue weighted by atomic mass is 16.6. The zero-order valence-electron chi connectivity index (χ0n) is 11.3. The van der Waals surface area contributed by atoms with E-state index in [9.17, 15) is 9.59 Å². The van der Waals surface area contributed by atoms with Gasteiger partial charge in [0.15, 0.2) is 5.75 Å². The van der Waals surface area contributed by atoms with Gasteiger partial charge in [-0.15, -0.1) is 0 Å². The Morgan fingerprint density at radius 3 is 2.79 bits per heavy atom. The number of hydrogen-bond acceptors (Lipinski definition) is 5. The predicted molar refractivity (Wildman–Crippen MR) is 70.2 cm³/mol. The van der Waals surface area contributed by atoms with E-state index in [2.05, 4.69) is 6.92 Å². The molecule has 1 rings (SSSR count). The molecule has 19 heavy (non-hydrogen) atoms. The minimum Gasteiger partial charge on any atom is -0.502 e. The summed E-state index contributed by atoms with van der Waals surface area (Å²) >= 11 is 0. The van der Waals surface area contributed by atoms with Crippen LogP contribution in [-0.4, -0.2) is 11.1 Å². The van der Waals surface area contributed by atoms with Crippen LogP contribution in [0.25, 0.3) is 0 Å². The zero-order valence-corrected chi connectivity index (χ0v) is 11.3. The summed E-state index contributed by atoms with van der Waals surface area (Å²) in [6, 6.07) is 0.955. The monoisotopic (exact) mass is 268 g/mol. The van der Waals surface area contributed by atoms with Crippen molar-refractivity contribution in [1.82, 2.24) is 0 Å². The predicted octanol–water partition coefficient (Wildman–Crippen LogP) is 2.86. The fraction of sp³-hybridized carbons (Fsp3) is 0.571. The third kappa shape index (κ3) is 5.16. The summed E-state index contributed by atoms with van der Waals surface area (Å²) in [5.41, 5.74) is -0.635. The van der Waals surface area contributed by atoms with Gasteiger partial charge in [0.25, 0.3) is 5.95 Å². The number of ether oxygens (including phenoxy) is 1. The Hall–Kier alpha value is -1.78. The van der Waals surface area contributed by atoms with Crippen LogP contribution in [0.3, 0.4) is 0 Å². The molecule has 5 nitrogen and oxygen atoms in total. The molecule has 1 heterocycles. The van der Waals surface area contributed by atoms with Crippen LogP contribution < -0.4 is 10.2 Å². The molecule has 0 bridgehead atoms. The Bertz CT molecular complexity index is 463. The Morgan fingerprint density at radius 1 is 1.42 bits per heavy atom. The van der Waals surface area contributed by atoms with Crippen LogP contribution >= 0.6 is 0 Å². The van der Waals surface area contributed by atoms with Crippen LogP contribution in [0.2, 0.25) is 0 Å². The maximum Gasteiger partial charge on any atom is 0.316 e. The van der Waals surface area contributed by atoms with Crippen molar-refractivity contribution in [2.75, 3.05) is 0 Å². The summed E-state index contributed by atoms with van der Waals surface area (Å²) in [4.78, 5) is 22.9. The summed E-state index contributed by atoms with van der Waals surface area (Å²) in [5, 5.41) is 9.01. The zero-order chi connectivity index (χ0) is 14.3. The van der Waals surface area contributed by atoms with E-state index in [-0.39, 0.29) is 11.9 Å². The highest BCUT2D eigenvalue weighted by Gasteiger charge is 2.16. The lowest BCUT2D eigenvalue weighted by molar-refractivity contribution is -0.139. The standard InChI is InChI=1S/C14H20O5/c1-3-4-5-6-7-10(2)14(17)19-13-8-11(15)12(16)9-18-13/h8-10,16H,3-7H2,1-2H3. The number of carbonyl (C=O) groups is 1. The number of aromatic hydroxyl groups is 1. The molecule has 106 valence electrons. The van der Waals surface area contributed by atoms with Gasteiger partial charge in [-0.1, -0.05) is 39.5 Å². The van der Waals surface area contributed by atoms with E-state index in [1.54, 1.807) is 6.92 Å². The van der Waals surface area contributed by atoms with E-state index in [1.165, 1.54) is 0 Å². The first kappa shape index (κ1) is 15.3. The highest BCUT2D eigenvalue weighted by molar-refractivity contribution is 5.74. The van der Waals surface area contributed by atoms with E-state index in [0.717, 1.165) is 44.4 Å². The Kier molecular flexibility index (Phi) is 6.12. The normalized spacial score (nSPS) is 12.1. The summed E-state index contributed by atoms with van der Waals surface area (Å²) in [5.74, 6) is -1.36. The fourth-order valence-electron chi connectivity index (χ4n) is 1.64. The molecule has 0 aromatic carbocycles. The third-order valence-corrected chi connectivity index (χ3v) is 2.88. The second-order valence-electron chi connectivity index (χ2n) is 4.62. The largest absolute Gasteiger partial charge is 0.502 e. The third-order valence-electron chi connectivity index (χ3n) is 2.88. The maximum absolute atomic E-state index is 11.7. The van der Waals surface area contributed by atoms with Gasteiger partial charge in [-0.05, 0) is 6.42 Å². The second-order valence-corrected chi connectivity index (χ2v) is 4.62. The molecule has 1 unspecified atom stereocenters. The van der Waals surface area contributed by atoms with Crippen molar-refractivity contribution in [3.8, 4) is 11.7 Å². The molecular weight excluding hydrogens is 248 g/mol. The molecule has 1 aromatic heterocycles. The average Bonchev–Trinajstić information content (AvgIpc) is 2.38. The lowest BCUT2D eigenvalue weighted by atomic mass is 10.0. The van der Waals surface area contributed by atoms with Crippen LogP contribution in [0.4, 0.5) is 0 Å². The van der Waals surface area contributed by atoms with E-state index >= 15 is 0 Å². The molecule has 1 aromatic rings. The highest BCUT2D eigenvalue weighted by Crippen LogP contribution is 2.16. The smallest absolute Gasteiger partial charge is 0.316 e. The van der Waals surface area contributed by atoms with Crippen molar-refractivity contribution >= 4 is 5.97 Å². The van der Waals surface area contributed by atoms with Gasteiger partial charge in [-0.25, -0.2) is 0 Å². The van der Waals surface area contributed by atoms with Gasteiger partial charge in [0.2, 0.25) is 5.43 Å². The van der Waals surface area contributed by atoms with Gasteiger partial charge in [0.05, 0.1) is 12.0 Å². The van der Waals surface area contributed by atoms with Crippen LogP contribution in [0.15, 0.2) is 21.5 Å². The number of rotatable bonds is 7. The number of carbonyl (C=O) groups excluding carboxylic acids is 1. The Morgan fingerprint density at radius 2 is 2.16 bits per heavy atom. The molecule has 0 aliphatic heterocycles. The van der Waals surface area contributed by atoms with Gasteiger partial charge in [-0.3, -0.25) is 9.59 Å². The fourth-order valence-corrected chi connectivity index (χ4v) is 1.64. The van der Waals surface area contributed by atoms with Gasteiger partial charge < -0.3 is 14.3 Å². The lowest BCUT2D eigenvalue weighted by Crippen LogP contribution is -2.18. The molecule has 1 N–H and O–H groups in total. The average molecular weight is 268 g/mol.